The zero-order valence-corrected chi connectivity index (χ0v) is 14.3. The maximum Gasteiger partial charge on any atom is 0.192 e. The maximum absolute atomic E-state index is 13.6. The molecule has 0 unspecified atom stereocenters. The van der Waals surface area contributed by atoms with E-state index in [1.54, 1.807) is 19.1 Å². The molecule has 7 heteroatoms. The fourth-order valence-electron chi connectivity index (χ4n) is 2.02. The highest BCUT2D eigenvalue weighted by atomic mass is 19.1. The molecule has 0 saturated carbocycles. The van der Waals surface area contributed by atoms with Gasteiger partial charge < -0.3 is 15.2 Å². The molecule has 24 heavy (non-hydrogen) atoms. The zero-order chi connectivity index (χ0) is 17.5. The lowest BCUT2D eigenvalue weighted by Gasteiger charge is -2.11. The summed E-state index contributed by atoms with van der Waals surface area (Å²) >= 11 is 0. The third kappa shape index (κ3) is 4.65. The Balaban J connectivity index is 2.04. The molecule has 2 rings (SSSR count). The zero-order valence-electron chi connectivity index (χ0n) is 14.3. The SMILES string of the molecule is C=CCNC(=NCc1ccc(C)c(F)c1)NCc1nnc(C)n1C. The van der Waals surface area contributed by atoms with E-state index in [0.29, 0.717) is 31.2 Å². The van der Waals surface area contributed by atoms with Crippen LogP contribution in [0.3, 0.4) is 0 Å². The number of halogens is 1. The first-order chi connectivity index (χ1) is 11.5. The van der Waals surface area contributed by atoms with Gasteiger partial charge in [-0.2, -0.15) is 0 Å². The van der Waals surface area contributed by atoms with Crippen LogP contribution < -0.4 is 10.6 Å². The van der Waals surface area contributed by atoms with Gasteiger partial charge in [0.1, 0.15) is 11.6 Å². The minimum absolute atomic E-state index is 0.217. The van der Waals surface area contributed by atoms with Gasteiger partial charge in [-0.25, -0.2) is 9.38 Å². The first-order valence-corrected chi connectivity index (χ1v) is 7.74. The number of guanidine groups is 1. The van der Waals surface area contributed by atoms with Gasteiger partial charge in [-0.05, 0) is 31.0 Å². The molecule has 0 spiro atoms. The molecular weight excluding hydrogens is 307 g/mol. The van der Waals surface area contributed by atoms with Crippen molar-refractivity contribution in [1.82, 2.24) is 25.4 Å². The quantitative estimate of drug-likeness (QED) is 0.483. The standard InChI is InChI=1S/C17H23FN6/c1-5-8-19-17(21-11-16-23-22-13(3)24(16)4)20-10-14-7-6-12(2)15(18)9-14/h5-7,9H,1,8,10-11H2,2-4H3,(H2,19,20,21). The van der Waals surface area contributed by atoms with Crippen LogP contribution in [0.4, 0.5) is 4.39 Å². The summed E-state index contributed by atoms with van der Waals surface area (Å²) in [7, 11) is 1.91. The summed E-state index contributed by atoms with van der Waals surface area (Å²) in [4.78, 5) is 4.48. The Morgan fingerprint density at radius 3 is 2.75 bits per heavy atom. The Kier molecular flexibility index (Phi) is 6.06. The number of hydrogen-bond donors (Lipinski definition) is 2. The van der Waals surface area contributed by atoms with Crippen molar-refractivity contribution in [3.63, 3.8) is 0 Å². The molecule has 0 aliphatic rings. The minimum Gasteiger partial charge on any atom is -0.353 e. The number of hydrogen-bond acceptors (Lipinski definition) is 3. The first kappa shape index (κ1) is 17.7. The van der Waals surface area contributed by atoms with Crippen LogP contribution in [-0.2, 0) is 20.1 Å². The van der Waals surface area contributed by atoms with E-state index in [1.807, 2.05) is 24.6 Å². The van der Waals surface area contributed by atoms with Crippen LogP contribution in [0.1, 0.15) is 22.8 Å². The normalized spacial score (nSPS) is 11.4. The molecule has 0 saturated heterocycles. The van der Waals surface area contributed by atoms with E-state index in [1.165, 1.54) is 6.07 Å². The van der Waals surface area contributed by atoms with E-state index in [9.17, 15) is 4.39 Å². The fraction of sp³-hybridized carbons (Fsp3) is 0.353. The number of nitrogens with zero attached hydrogens (tertiary/aromatic N) is 4. The second-order valence-corrected chi connectivity index (χ2v) is 5.49. The molecule has 6 nitrogen and oxygen atoms in total. The maximum atomic E-state index is 13.6. The molecule has 0 radical (unpaired) electrons. The van der Waals surface area contributed by atoms with Gasteiger partial charge >= 0.3 is 0 Å². The van der Waals surface area contributed by atoms with Gasteiger partial charge in [0, 0.05) is 13.6 Å². The van der Waals surface area contributed by atoms with Gasteiger partial charge in [-0.3, -0.25) is 0 Å². The molecule has 1 heterocycles. The molecule has 128 valence electrons. The summed E-state index contributed by atoms with van der Waals surface area (Å²) in [5, 5.41) is 14.5. The van der Waals surface area contributed by atoms with Crippen LogP contribution in [0.2, 0.25) is 0 Å². The van der Waals surface area contributed by atoms with E-state index >= 15 is 0 Å². The van der Waals surface area contributed by atoms with Gasteiger partial charge in [-0.15, -0.1) is 16.8 Å². The molecular formula is C17H23FN6. The highest BCUT2D eigenvalue weighted by Crippen LogP contribution is 2.10. The Bertz CT molecular complexity index is 735. The average molecular weight is 330 g/mol. The molecule has 0 amide bonds. The first-order valence-electron chi connectivity index (χ1n) is 7.74. The number of aliphatic imine (C=N–C) groups is 1. The Morgan fingerprint density at radius 2 is 2.12 bits per heavy atom. The third-order valence-electron chi connectivity index (χ3n) is 3.67. The van der Waals surface area contributed by atoms with Crippen molar-refractivity contribution in [2.75, 3.05) is 6.54 Å². The summed E-state index contributed by atoms with van der Waals surface area (Å²) in [5.74, 6) is 2.05. The van der Waals surface area contributed by atoms with Crippen molar-refractivity contribution >= 4 is 5.96 Å². The number of nitrogens with one attached hydrogen (secondary N) is 2. The Labute approximate surface area is 141 Å². The second kappa shape index (κ2) is 8.24. The molecule has 0 aliphatic heterocycles. The Hall–Kier alpha value is -2.70. The van der Waals surface area contributed by atoms with Crippen molar-refractivity contribution in [2.45, 2.75) is 26.9 Å². The van der Waals surface area contributed by atoms with Crippen molar-refractivity contribution in [3.8, 4) is 0 Å². The molecule has 1 aromatic carbocycles. The van der Waals surface area contributed by atoms with Gasteiger partial charge in [-0.1, -0.05) is 18.2 Å². The van der Waals surface area contributed by atoms with Crippen molar-refractivity contribution < 1.29 is 4.39 Å². The lowest BCUT2D eigenvalue weighted by Crippen LogP contribution is -2.37. The number of benzene rings is 1. The van der Waals surface area contributed by atoms with Gasteiger partial charge in [0.25, 0.3) is 0 Å². The summed E-state index contributed by atoms with van der Waals surface area (Å²) in [6, 6.07) is 5.14. The average Bonchev–Trinajstić information content (AvgIpc) is 2.89. The van der Waals surface area contributed by atoms with E-state index in [0.717, 1.165) is 17.2 Å². The van der Waals surface area contributed by atoms with Crippen molar-refractivity contribution in [2.24, 2.45) is 12.0 Å². The Morgan fingerprint density at radius 1 is 1.33 bits per heavy atom. The summed E-state index contributed by atoms with van der Waals surface area (Å²) in [6.07, 6.45) is 1.75. The van der Waals surface area contributed by atoms with Gasteiger partial charge in [0.2, 0.25) is 0 Å². The number of aromatic nitrogens is 3. The van der Waals surface area contributed by atoms with Crippen LogP contribution >= 0.6 is 0 Å². The highest BCUT2D eigenvalue weighted by molar-refractivity contribution is 5.79. The number of rotatable bonds is 6. The predicted molar refractivity (Wildman–Crippen MR) is 93.1 cm³/mol. The number of aryl methyl sites for hydroxylation is 2. The van der Waals surface area contributed by atoms with Crippen LogP contribution in [0, 0.1) is 19.7 Å². The topological polar surface area (TPSA) is 67.1 Å². The molecule has 2 N–H and O–H groups in total. The van der Waals surface area contributed by atoms with Crippen LogP contribution in [0.5, 0.6) is 0 Å². The predicted octanol–water partition coefficient (Wildman–Crippen LogP) is 1.99. The summed E-state index contributed by atoms with van der Waals surface area (Å²) in [5.41, 5.74) is 1.44. The van der Waals surface area contributed by atoms with Gasteiger partial charge in [0.15, 0.2) is 11.8 Å². The van der Waals surface area contributed by atoms with Crippen LogP contribution in [0.25, 0.3) is 0 Å². The van der Waals surface area contributed by atoms with E-state index in [-0.39, 0.29) is 5.82 Å². The fourth-order valence-corrected chi connectivity index (χ4v) is 2.02. The summed E-state index contributed by atoms with van der Waals surface area (Å²) in [6.45, 7) is 8.76. The second-order valence-electron chi connectivity index (χ2n) is 5.49. The summed E-state index contributed by atoms with van der Waals surface area (Å²) < 4.78 is 15.5. The van der Waals surface area contributed by atoms with E-state index < -0.39 is 0 Å². The molecule has 0 bridgehead atoms. The highest BCUT2D eigenvalue weighted by Gasteiger charge is 2.06. The molecule has 2 aromatic rings. The smallest absolute Gasteiger partial charge is 0.192 e. The lowest BCUT2D eigenvalue weighted by molar-refractivity contribution is 0.616. The van der Waals surface area contributed by atoms with Crippen molar-refractivity contribution in [3.05, 3.63) is 59.4 Å². The molecule has 0 fully saturated rings. The van der Waals surface area contributed by atoms with E-state index in [4.69, 9.17) is 0 Å². The van der Waals surface area contributed by atoms with E-state index in [2.05, 4.69) is 32.4 Å². The van der Waals surface area contributed by atoms with Crippen molar-refractivity contribution in [1.29, 1.82) is 0 Å². The van der Waals surface area contributed by atoms with Crippen LogP contribution in [0.15, 0.2) is 35.8 Å². The molecule has 0 aliphatic carbocycles. The molecule has 1 aromatic heterocycles. The van der Waals surface area contributed by atoms with Gasteiger partial charge in [0.05, 0.1) is 13.1 Å². The largest absolute Gasteiger partial charge is 0.353 e. The third-order valence-corrected chi connectivity index (χ3v) is 3.67. The lowest BCUT2D eigenvalue weighted by atomic mass is 10.1. The van der Waals surface area contributed by atoms with Crippen LogP contribution in [-0.4, -0.2) is 27.3 Å². The monoisotopic (exact) mass is 330 g/mol. The molecule has 0 atom stereocenters. The minimum atomic E-state index is -0.217.